The molecule has 0 unspecified atom stereocenters. The van der Waals surface area contributed by atoms with Gasteiger partial charge in [0.2, 0.25) is 5.91 Å². The van der Waals surface area contributed by atoms with E-state index in [0.29, 0.717) is 5.69 Å². The van der Waals surface area contributed by atoms with E-state index in [4.69, 9.17) is 0 Å². The van der Waals surface area contributed by atoms with E-state index in [0.717, 1.165) is 18.7 Å². The Morgan fingerprint density at radius 3 is 2.68 bits per heavy atom. The van der Waals surface area contributed by atoms with Gasteiger partial charge in [-0.15, -0.1) is 0 Å². The van der Waals surface area contributed by atoms with Gasteiger partial charge in [-0.2, -0.15) is 5.10 Å². The Hall–Kier alpha value is -2.17. The Balaban J connectivity index is 2.05. The molecule has 0 bridgehead atoms. The smallest absolute Gasteiger partial charge is 0.227 e. The van der Waals surface area contributed by atoms with Crippen LogP contribution in [-0.4, -0.2) is 20.7 Å². The lowest BCUT2D eigenvalue weighted by Gasteiger charge is -2.12. The Morgan fingerprint density at radius 2 is 2.16 bits per heavy atom. The van der Waals surface area contributed by atoms with Crippen LogP contribution in [0.4, 0.5) is 5.69 Å². The Morgan fingerprint density at radius 1 is 1.37 bits per heavy atom. The zero-order chi connectivity index (χ0) is 13.7. The maximum atomic E-state index is 11.9. The molecule has 2 rings (SSSR count). The molecule has 5 heteroatoms. The first-order valence-electron chi connectivity index (χ1n) is 6.51. The van der Waals surface area contributed by atoms with Crippen LogP contribution in [-0.2, 0) is 4.79 Å². The molecule has 0 radical (unpaired) electrons. The summed E-state index contributed by atoms with van der Waals surface area (Å²) in [7, 11) is 0. The number of hydrogen-bond acceptors (Lipinski definition) is 3. The first kappa shape index (κ1) is 13.3. The molecular formula is C14H18N4O. The number of nitrogens with zero attached hydrogens (tertiary/aromatic N) is 3. The van der Waals surface area contributed by atoms with Crippen molar-refractivity contribution in [3.05, 3.63) is 36.8 Å². The molecule has 2 aromatic rings. The third-order valence-corrected chi connectivity index (χ3v) is 3.11. The molecule has 2 aromatic heterocycles. The van der Waals surface area contributed by atoms with Gasteiger partial charge in [-0.1, -0.05) is 13.8 Å². The highest BCUT2D eigenvalue weighted by Gasteiger charge is 2.14. The van der Waals surface area contributed by atoms with E-state index in [1.807, 2.05) is 38.2 Å². The van der Waals surface area contributed by atoms with Crippen LogP contribution in [0.5, 0.6) is 0 Å². The first-order chi connectivity index (χ1) is 9.24. The van der Waals surface area contributed by atoms with Crippen molar-refractivity contribution in [1.29, 1.82) is 0 Å². The first-order valence-corrected chi connectivity index (χ1v) is 6.51. The van der Waals surface area contributed by atoms with Crippen LogP contribution in [0.15, 0.2) is 36.8 Å². The van der Waals surface area contributed by atoms with Gasteiger partial charge >= 0.3 is 0 Å². The highest BCUT2D eigenvalue weighted by atomic mass is 16.1. The van der Waals surface area contributed by atoms with Crippen molar-refractivity contribution in [1.82, 2.24) is 14.8 Å². The van der Waals surface area contributed by atoms with Crippen LogP contribution in [0.25, 0.3) is 5.82 Å². The van der Waals surface area contributed by atoms with Crippen molar-refractivity contribution >= 4 is 11.6 Å². The second-order valence-electron chi connectivity index (χ2n) is 4.36. The van der Waals surface area contributed by atoms with Gasteiger partial charge in [0, 0.05) is 18.3 Å². The van der Waals surface area contributed by atoms with Gasteiger partial charge in [0.1, 0.15) is 0 Å². The Labute approximate surface area is 112 Å². The predicted molar refractivity (Wildman–Crippen MR) is 74.1 cm³/mol. The second kappa shape index (κ2) is 6.13. The van der Waals surface area contributed by atoms with Gasteiger partial charge in [-0.25, -0.2) is 9.67 Å². The molecule has 0 aliphatic carbocycles. The Bertz CT molecular complexity index is 515. The van der Waals surface area contributed by atoms with E-state index in [1.165, 1.54) is 0 Å². The highest BCUT2D eigenvalue weighted by molar-refractivity contribution is 5.92. The highest BCUT2D eigenvalue weighted by Crippen LogP contribution is 2.13. The van der Waals surface area contributed by atoms with Crippen molar-refractivity contribution in [3.63, 3.8) is 0 Å². The zero-order valence-corrected chi connectivity index (χ0v) is 11.2. The van der Waals surface area contributed by atoms with E-state index in [-0.39, 0.29) is 11.8 Å². The number of carbonyl (C=O) groups is 1. The van der Waals surface area contributed by atoms with Crippen molar-refractivity contribution < 1.29 is 4.79 Å². The van der Waals surface area contributed by atoms with Crippen molar-refractivity contribution in [2.75, 3.05) is 5.32 Å². The SMILES string of the molecule is CCC(CC)C(=O)Nc1ccc(-n2cccn2)nc1. The summed E-state index contributed by atoms with van der Waals surface area (Å²) in [6.07, 6.45) is 6.87. The quantitative estimate of drug-likeness (QED) is 0.896. The molecule has 1 amide bonds. The van der Waals surface area contributed by atoms with Crippen LogP contribution in [0.3, 0.4) is 0 Å². The van der Waals surface area contributed by atoms with Crippen LogP contribution in [0.2, 0.25) is 0 Å². The predicted octanol–water partition coefficient (Wildman–Crippen LogP) is 2.64. The standard InChI is InChI=1S/C14H18N4O/c1-3-11(4-2)14(19)17-12-6-7-13(15-10-12)18-9-5-8-16-18/h5-11H,3-4H2,1-2H3,(H,17,19). The number of anilines is 1. The monoisotopic (exact) mass is 258 g/mol. The minimum atomic E-state index is 0.0543. The van der Waals surface area contributed by atoms with Crippen LogP contribution >= 0.6 is 0 Å². The maximum Gasteiger partial charge on any atom is 0.227 e. The van der Waals surface area contributed by atoms with Crippen LogP contribution in [0.1, 0.15) is 26.7 Å². The second-order valence-corrected chi connectivity index (χ2v) is 4.36. The molecule has 0 aliphatic heterocycles. The van der Waals surface area contributed by atoms with Crippen molar-refractivity contribution in [3.8, 4) is 5.82 Å². The lowest BCUT2D eigenvalue weighted by molar-refractivity contribution is -0.120. The molecule has 0 saturated carbocycles. The molecule has 0 spiro atoms. The van der Waals surface area contributed by atoms with E-state index < -0.39 is 0 Å². The van der Waals surface area contributed by atoms with E-state index >= 15 is 0 Å². The molecule has 0 aromatic carbocycles. The fraction of sp³-hybridized carbons (Fsp3) is 0.357. The average Bonchev–Trinajstić information content (AvgIpc) is 2.95. The molecule has 0 saturated heterocycles. The summed E-state index contributed by atoms with van der Waals surface area (Å²) >= 11 is 0. The summed E-state index contributed by atoms with van der Waals surface area (Å²) in [5.74, 6) is 0.843. The van der Waals surface area contributed by atoms with Crippen molar-refractivity contribution in [2.24, 2.45) is 5.92 Å². The molecule has 19 heavy (non-hydrogen) atoms. The summed E-state index contributed by atoms with van der Waals surface area (Å²) in [4.78, 5) is 16.2. The van der Waals surface area contributed by atoms with E-state index in [2.05, 4.69) is 15.4 Å². The van der Waals surface area contributed by atoms with Crippen LogP contribution < -0.4 is 5.32 Å². The minimum absolute atomic E-state index is 0.0543. The summed E-state index contributed by atoms with van der Waals surface area (Å²) in [5.41, 5.74) is 0.716. The van der Waals surface area contributed by atoms with Gasteiger partial charge in [0.05, 0.1) is 11.9 Å². The lowest BCUT2D eigenvalue weighted by atomic mass is 10.0. The molecule has 100 valence electrons. The Kier molecular flexibility index (Phi) is 4.28. The summed E-state index contributed by atoms with van der Waals surface area (Å²) < 4.78 is 1.67. The number of hydrogen-bond donors (Lipinski definition) is 1. The maximum absolute atomic E-state index is 11.9. The number of pyridine rings is 1. The zero-order valence-electron chi connectivity index (χ0n) is 11.2. The average molecular weight is 258 g/mol. The summed E-state index contributed by atoms with van der Waals surface area (Å²) in [5, 5.41) is 6.98. The molecule has 5 nitrogen and oxygen atoms in total. The van der Waals surface area contributed by atoms with E-state index in [1.54, 1.807) is 17.1 Å². The summed E-state index contributed by atoms with van der Waals surface area (Å²) in [6.45, 7) is 4.04. The topological polar surface area (TPSA) is 59.8 Å². The van der Waals surface area contributed by atoms with Gasteiger partial charge in [-0.3, -0.25) is 4.79 Å². The van der Waals surface area contributed by atoms with Gasteiger partial charge < -0.3 is 5.32 Å². The van der Waals surface area contributed by atoms with Gasteiger partial charge in [0.15, 0.2) is 5.82 Å². The number of carbonyl (C=O) groups excluding carboxylic acids is 1. The van der Waals surface area contributed by atoms with E-state index in [9.17, 15) is 4.79 Å². The number of nitrogens with one attached hydrogen (secondary N) is 1. The third-order valence-electron chi connectivity index (χ3n) is 3.11. The number of amides is 1. The minimum Gasteiger partial charge on any atom is -0.324 e. The molecule has 0 fully saturated rings. The van der Waals surface area contributed by atoms with Crippen LogP contribution in [0, 0.1) is 5.92 Å². The lowest BCUT2D eigenvalue weighted by Crippen LogP contribution is -2.21. The van der Waals surface area contributed by atoms with Gasteiger partial charge in [-0.05, 0) is 31.0 Å². The molecular weight excluding hydrogens is 240 g/mol. The molecule has 0 atom stereocenters. The number of aromatic nitrogens is 3. The number of rotatable bonds is 5. The normalized spacial score (nSPS) is 10.7. The fourth-order valence-electron chi connectivity index (χ4n) is 1.90. The molecule has 1 N–H and O–H groups in total. The largest absolute Gasteiger partial charge is 0.324 e. The van der Waals surface area contributed by atoms with Crippen molar-refractivity contribution in [2.45, 2.75) is 26.7 Å². The molecule has 0 aliphatic rings. The molecule has 2 heterocycles. The van der Waals surface area contributed by atoms with Gasteiger partial charge in [0.25, 0.3) is 0 Å². The fourth-order valence-corrected chi connectivity index (χ4v) is 1.90. The summed E-state index contributed by atoms with van der Waals surface area (Å²) in [6, 6.07) is 5.50. The third kappa shape index (κ3) is 3.19.